The van der Waals surface area contributed by atoms with Crippen molar-refractivity contribution in [3.05, 3.63) is 54.2 Å². The lowest BCUT2D eigenvalue weighted by molar-refractivity contribution is -0.134. The van der Waals surface area contributed by atoms with Crippen LogP contribution in [0.25, 0.3) is 0 Å². The van der Waals surface area contributed by atoms with Crippen molar-refractivity contribution >= 4 is 15.9 Å². The van der Waals surface area contributed by atoms with Gasteiger partial charge in [-0.15, -0.1) is 0 Å². The topological polar surface area (TPSA) is 70.8 Å². The summed E-state index contributed by atoms with van der Waals surface area (Å²) in [6.07, 6.45) is 2.59. The monoisotopic (exact) mass is 366 g/mol. The Morgan fingerprint density at radius 2 is 2.04 bits per heavy atom. The standard InChI is InChI=1S/C17H19FN2O4S/c1-19(12-14-4-3-11-24-14)17(21)16-5-2-10-20(16)25(22,23)15-8-6-13(18)7-9-15/h3-4,6-9,11,16H,2,5,10,12H2,1H3. The molecule has 0 saturated carbocycles. The summed E-state index contributed by atoms with van der Waals surface area (Å²) >= 11 is 0. The van der Waals surface area contributed by atoms with Crippen molar-refractivity contribution in [2.24, 2.45) is 0 Å². The quantitative estimate of drug-likeness (QED) is 0.814. The molecule has 0 N–H and O–H groups in total. The first-order chi connectivity index (χ1) is 11.9. The molecule has 1 aliphatic heterocycles. The molecule has 1 fully saturated rings. The minimum atomic E-state index is -3.85. The molecule has 1 aliphatic rings. The number of hydrogen-bond acceptors (Lipinski definition) is 4. The van der Waals surface area contributed by atoms with Crippen LogP contribution < -0.4 is 0 Å². The van der Waals surface area contributed by atoms with Crippen LogP contribution in [-0.4, -0.2) is 43.2 Å². The highest BCUT2D eigenvalue weighted by Crippen LogP contribution is 2.27. The van der Waals surface area contributed by atoms with Gasteiger partial charge in [-0.25, -0.2) is 12.8 Å². The van der Waals surface area contributed by atoms with Gasteiger partial charge in [-0.1, -0.05) is 0 Å². The van der Waals surface area contributed by atoms with E-state index in [4.69, 9.17) is 4.42 Å². The second-order valence-electron chi connectivity index (χ2n) is 6.00. The lowest BCUT2D eigenvalue weighted by atomic mass is 10.2. The van der Waals surface area contributed by atoms with E-state index < -0.39 is 21.9 Å². The van der Waals surface area contributed by atoms with E-state index >= 15 is 0 Å². The fourth-order valence-corrected chi connectivity index (χ4v) is 4.64. The molecule has 0 spiro atoms. The van der Waals surface area contributed by atoms with Crippen LogP contribution in [-0.2, 0) is 21.4 Å². The van der Waals surface area contributed by atoms with Gasteiger partial charge in [-0.3, -0.25) is 4.79 Å². The Labute approximate surface area is 145 Å². The molecule has 8 heteroatoms. The Kier molecular flexibility index (Phi) is 4.91. The molecule has 2 heterocycles. The van der Waals surface area contributed by atoms with Gasteiger partial charge in [0.2, 0.25) is 15.9 Å². The van der Waals surface area contributed by atoms with Gasteiger partial charge < -0.3 is 9.32 Å². The summed E-state index contributed by atoms with van der Waals surface area (Å²) < 4.78 is 45.1. The van der Waals surface area contributed by atoms with Crippen LogP contribution in [0.4, 0.5) is 4.39 Å². The predicted molar refractivity (Wildman–Crippen MR) is 88.5 cm³/mol. The van der Waals surface area contributed by atoms with E-state index in [1.54, 1.807) is 19.2 Å². The van der Waals surface area contributed by atoms with Crippen molar-refractivity contribution in [1.29, 1.82) is 0 Å². The molecular formula is C17H19FN2O4S. The number of sulfonamides is 1. The summed E-state index contributed by atoms with van der Waals surface area (Å²) in [6, 6.07) is 7.37. The number of halogens is 1. The fourth-order valence-electron chi connectivity index (χ4n) is 2.99. The number of carbonyl (C=O) groups excluding carboxylic acids is 1. The average Bonchev–Trinajstić information content (AvgIpc) is 3.26. The van der Waals surface area contributed by atoms with Crippen LogP contribution in [0, 0.1) is 5.82 Å². The van der Waals surface area contributed by atoms with Crippen LogP contribution in [0.3, 0.4) is 0 Å². The number of benzene rings is 1. The summed E-state index contributed by atoms with van der Waals surface area (Å²) in [6.45, 7) is 0.539. The summed E-state index contributed by atoms with van der Waals surface area (Å²) in [5.41, 5.74) is 0. The van der Waals surface area contributed by atoms with Crippen LogP contribution in [0.2, 0.25) is 0 Å². The molecule has 3 rings (SSSR count). The van der Waals surface area contributed by atoms with Crippen molar-refractivity contribution in [3.8, 4) is 0 Å². The number of amides is 1. The largest absolute Gasteiger partial charge is 0.467 e. The molecule has 25 heavy (non-hydrogen) atoms. The molecule has 0 radical (unpaired) electrons. The van der Waals surface area contributed by atoms with Gasteiger partial charge in [0, 0.05) is 13.6 Å². The second kappa shape index (κ2) is 6.97. The normalized spacial score (nSPS) is 18.4. The van der Waals surface area contributed by atoms with Crippen LogP contribution in [0.1, 0.15) is 18.6 Å². The number of likely N-dealkylation sites (N-methyl/N-ethyl adjacent to an activating group) is 1. The number of rotatable bonds is 5. The van der Waals surface area contributed by atoms with Gasteiger partial charge >= 0.3 is 0 Å². The third kappa shape index (κ3) is 3.59. The third-order valence-electron chi connectivity index (χ3n) is 4.26. The van der Waals surface area contributed by atoms with E-state index in [0.29, 0.717) is 18.6 Å². The molecular weight excluding hydrogens is 347 g/mol. The fraction of sp³-hybridized carbons (Fsp3) is 0.353. The van der Waals surface area contributed by atoms with Crippen molar-refractivity contribution < 1.29 is 22.0 Å². The predicted octanol–water partition coefficient (Wildman–Crippen LogP) is 2.23. The van der Waals surface area contributed by atoms with Crippen molar-refractivity contribution in [1.82, 2.24) is 9.21 Å². The lowest BCUT2D eigenvalue weighted by Gasteiger charge is -2.27. The van der Waals surface area contributed by atoms with E-state index in [9.17, 15) is 17.6 Å². The number of carbonyl (C=O) groups is 1. The maximum absolute atomic E-state index is 13.1. The highest BCUT2D eigenvalue weighted by Gasteiger charge is 2.40. The summed E-state index contributed by atoms with van der Waals surface area (Å²) in [7, 11) is -2.23. The Hall–Kier alpha value is -2.19. The molecule has 1 unspecified atom stereocenters. The molecule has 0 aliphatic carbocycles. The molecule has 1 amide bonds. The Morgan fingerprint density at radius 3 is 2.68 bits per heavy atom. The zero-order chi connectivity index (χ0) is 18.0. The van der Waals surface area contributed by atoms with E-state index in [2.05, 4.69) is 0 Å². The smallest absolute Gasteiger partial charge is 0.243 e. The van der Waals surface area contributed by atoms with E-state index in [0.717, 1.165) is 12.1 Å². The van der Waals surface area contributed by atoms with Gasteiger partial charge in [0.1, 0.15) is 17.6 Å². The lowest BCUT2D eigenvalue weighted by Crippen LogP contribution is -2.46. The molecule has 0 bridgehead atoms. The number of hydrogen-bond donors (Lipinski definition) is 0. The Bertz CT molecular complexity index is 834. The van der Waals surface area contributed by atoms with Gasteiger partial charge in [-0.2, -0.15) is 4.31 Å². The maximum atomic E-state index is 13.1. The summed E-state index contributed by atoms with van der Waals surface area (Å²) in [5.74, 6) is -0.160. The van der Waals surface area contributed by atoms with E-state index in [1.165, 1.54) is 27.6 Å². The van der Waals surface area contributed by atoms with Crippen LogP contribution in [0.5, 0.6) is 0 Å². The molecule has 1 atom stereocenters. The molecule has 1 aromatic carbocycles. The second-order valence-corrected chi connectivity index (χ2v) is 7.89. The van der Waals surface area contributed by atoms with Crippen molar-refractivity contribution in [2.45, 2.75) is 30.3 Å². The van der Waals surface area contributed by atoms with Gasteiger partial charge in [0.15, 0.2) is 0 Å². The Balaban J connectivity index is 1.79. The molecule has 1 saturated heterocycles. The maximum Gasteiger partial charge on any atom is 0.243 e. The average molecular weight is 366 g/mol. The Morgan fingerprint density at radius 1 is 1.32 bits per heavy atom. The molecule has 2 aromatic rings. The highest BCUT2D eigenvalue weighted by atomic mass is 32.2. The third-order valence-corrected chi connectivity index (χ3v) is 6.18. The first-order valence-corrected chi connectivity index (χ1v) is 9.38. The first-order valence-electron chi connectivity index (χ1n) is 7.94. The van der Waals surface area contributed by atoms with Crippen molar-refractivity contribution in [3.63, 3.8) is 0 Å². The van der Waals surface area contributed by atoms with Gasteiger partial charge in [0.05, 0.1) is 17.7 Å². The summed E-state index contributed by atoms with van der Waals surface area (Å²) in [5, 5.41) is 0. The van der Waals surface area contributed by atoms with Crippen LogP contribution >= 0.6 is 0 Å². The highest BCUT2D eigenvalue weighted by molar-refractivity contribution is 7.89. The first kappa shape index (κ1) is 17.6. The number of furan rings is 1. The van der Waals surface area contributed by atoms with Gasteiger partial charge in [-0.05, 0) is 49.2 Å². The zero-order valence-corrected chi connectivity index (χ0v) is 14.6. The molecule has 1 aromatic heterocycles. The minimum absolute atomic E-state index is 0.0118. The SMILES string of the molecule is CN(Cc1ccco1)C(=O)C1CCCN1S(=O)(=O)c1ccc(F)cc1. The zero-order valence-electron chi connectivity index (χ0n) is 13.8. The summed E-state index contributed by atoms with van der Waals surface area (Å²) in [4.78, 5) is 14.2. The minimum Gasteiger partial charge on any atom is -0.467 e. The van der Waals surface area contributed by atoms with E-state index in [-0.39, 0.29) is 23.9 Å². The van der Waals surface area contributed by atoms with E-state index in [1.807, 2.05) is 0 Å². The molecule has 6 nitrogen and oxygen atoms in total. The van der Waals surface area contributed by atoms with Crippen LogP contribution in [0.15, 0.2) is 52.0 Å². The van der Waals surface area contributed by atoms with Crippen molar-refractivity contribution in [2.75, 3.05) is 13.6 Å². The molecule has 134 valence electrons. The number of nitrogens with zero attached hydrogens (tertiary/aromatic N) is 2. The van der Waals surface area contributed by atoms with Gasteiger partial charge in [0.25, 0.3) is 0 Å².